The van der Waals surface area contributed by atoms with Crippen LogP contribution in [0.5, 0.6) is 0 Å². The summed E-state index contributed by atoms with van der Waals surface area (Å²) in [6, 6.07) is 3.58. The van der Waals surface area contributed by atoms with E-state index in [-0.39, 0.29) is 11.5 Å². The molecule has 0 aliphatic carbocycles. The predicted molar refractivity (Wildman–Crippen MR) is 77.2 cm³/mol. The van der Waals surface area contributed by atoms with Gasteiger partial charge in [-0.2, -0.15) is 0 Å². The van der Waals surface area contributed by atoms with E-state index in [0.717, 1.165) is 31.5 Å². The first-order chi connectivity index (χ1) is 9.45. The minimum absolute atomic E-state index is 0.139. The van der Waals surface area contributed by atoms with Crippen LogP contribution in [0.25, 0.3) is 0 Å². The molecule has 108 valence electrons. The minimum atomic E-state index is -1.03. The quantitative estimate of drug-likeness (QED) is 0.922. The second-order valence-corrected chi connectivity index (χ2v) is 5.57. The van der Waals surface area contributed by atoms with Gasteiger partial charge in [-0.05, 0) is 37.3 Å². The Morgan fingerprint density at radius 3 is 2.35 bits per heavy atom. The van der Waals surface area contributed by atoms with Crippen LogP contribution in [-0.4, -0.2) is 35.0 Å². The van der Waals surface area contributed by atoms with Gasteiger partial charge in [-0.25, -0.2) is 4.79 Å². The molecule has 1 aromatic rings. The standard InChI is InChI=1S/C16H21NO3/c1-4-12-7-8-17(9-12)15(18)13-10(2)5-6-11(3)14(13)16(19)20/h5-6,12H,4,7-9H2,1-3H3,(H,19,20). The van der Waals surface area contributed by atoms with Gasteiger partial charge in [0.05, 0.1) is 11.1 Å². The van der Waals surface area contributed by atoms with Crippen molar-refractivity contribution in [2.75, 3.05) is 13.1 Å². The number of carbonyl (C=O) groups excluding carboxylic acids is 1. The molecule has 0 spiro atoms. The zero-order chi connectivity index (χ0) is 14.9. The number of aryl methyl sites for hydroxylation is 2. The first-order valence-corrected chi connectivity index (χ1v) is 7.08. The number of carboxylic acids is 1. The molecule has 0 aromatic heterocycles. The zero-order valence-electron chi connectivity index (χ0n) is 12.3. The van der Waals surface area contributed by atoms with Crippen molar-refractivity contribution < 1.29 is 14.7 Å². The fourth-order valence-corrected chi connectivity index (χ4v) is 2.87. The first-order valence-electron chi connectivity index (χ1n) is 7.08. The highest BCUT2D eigenvalue weighted by Gasteiger charge is 2.30. The second-order valence-electron chi connectivity index (χ2n) is 5.57. The Morgan fingerprint density at radius 1 is 1.25 bits per heavy atom. The number of hydrogen-bond donors (Lipinski definition) is 1. The smallest absolute Gasteiger partial charge is 0.336 e. The Labute approximate surface area is 119 Å². The van der Waals surface area contributed by atoms with E-state index in [1.165, 1.54) is 0 Å². The summed E-state index contributed by atoms with van der Waals surface area (Å²) < 4.78 is 0. The molecule has 0 bridgehead atoms. The van der Waals surface area contributed by atoms with Crippen LogP contribution in [-0.2, 0) is 0 Å². The van der Waals surface area contributed by atoms with Crippen molar-refractivity contribution in [2.24, 2.45) is 5.92 Å². The number of aromatic carboxylic acids is 1. The number of likely N-dealkylation sites (tertiary alicyclic amines) is 1. The molecule has 1 aliphatic heterocycles. The van der Waals surface area contributed by atoms with Crippen molar-refractivity contribution >= 4 is 11.9 Å². The van der Waals surface area contributed by atoms with Crippen molar-refractivity contribution in [1.82, 2.24) is 4.90 Å². The van der Waals surface area contributed by atoms with Crippen molar-refractivity contribution in [3.63, 3.8) is 0 Å². The number of hydrogen-bond acceptors (Lipinski definition) is 2. The van der Waals surface area contributed by atoms with Crippen molar-refractivity contribution in [3.05, 3.63) is 34.4 Å². The van der Waals surface area contributed by atoms with Crippen LogP contribution in [0.3, 0.4) is 0 Å². The van der Waals surface area contributed by atoms with E-state index in [0.29, 0.717) is 17.0 Å². The van der Waals surface area contributed by atoms with Gasteiger partial charge in [0.25, 0.3) is 5.91 Å². The number of rotatable bonds is 3. The Balaban J connectivity index is 2.40. The van der Waals surface area contributed by atoms with Crippen LogP contribution in [0, 0.1) is 19.8 Å². The molecule has 0 radical (unpaired) electrons. The average molecular weight is 275 g/mol. The highest BCUT2D eigenvalue weighted by Crippen LogP contribution is 2.25. The lowest BCUT2D eigenvalue weighted by molar-refractivity contribution is 0.0679. The fourth-order valence-electron chi connectivity index (χ4n) is 2.87. The Morgan fingerprint density at radius 2 is 1.85 bits per heavy atom. The molecule has 4 nitrogen and oxygen atoms in total. The maximum absolute atomic E-state index is 12.7. The summed E-state index contributed by atoms with van der Waals surface area (Å²) in [4.78, 5) is 25.9. The largest absolute Gasteiger partial charge is 0.478 e. The topological polar surface area (TPSA) is 57.6 Å². The lowest BCUT2D eigenvalue weighted by atomic mass is 9.96. The van der Waals surface area contributed by atoms with Crippen LogP contribution >= 0.6 is 0 Å². The van der Waals surface area contributed by atoms with E-state index < -0.39 is 5.97 Å². The van der Waals surface area contributed by atoms with Gasteiger partial charge in [-0.1, -0.05) is 25.5 Å². The average Bonchev–Trinajstić information content (AvgIpc) is 2.88. The summed E-state index contributed by atoms with van der Waals surface area (Å²) in [5, 5.41) is 9.39. The number of nitrogens with zero attached hydrogens (tertiary/aromatic N) is 1. The molecule has 2 rings (SSSR count). The minimum Gasteiger partial charge on any atom is -0.478 e. The molecule has 1 atom stereocenters. The van der Waals surface area contributed by atoms with Gasteiger partial charge in [0.2, 0.25) is 0 Å². The first kappa shape index (κ1) is 14.6. The molecule has 1 aliphatic rings. The lowest BCUT2D eigenvalue weighted by Crippen LogP contribution is -2.31. The van der Waals surface area contributed by atoms with Gasteiger partial charge in [0.15, 0.2) is 0 Å². The number of carboxylic acid groups (broad SMARTS) is 1. The summed E-state index contributed by atoms with van der Waals surface area (Å²) in [5.74, 6) is -0.627. The Kier molecular flexibility index (Phi) is 4.12. The third kappa shape index (κ3) is 2.55. The molecule has 1 aromatic carbocycles. The summed E-state index contributed by atoms with van der Waals surface area (Å²) in [6.45, 7) is 7.12. The van der Waals surface area contributed by atoms with E-state index in [4.69, 9.17) is 0 Å². The molecule has 20 heavy (non-hydrogen) atoms. The van der Waals surface area contributed by atoms with Gasteiger partial charge in [0.1, 0.15) is 0 Å². The number of amides is 1. The highest BCUT2D eigenvalue weighted by atomic mass is 16.4. The Bertz CT molecular complexity index is 551. The van der Waals surface area contributed by atoms with Crippen molar-refractivity contribution in [3.8, 4) is 0 Å². The fraction of sp³-hybridized carbons (Fsp3) is 0.500. The summed E-state index contributed by atoms with van der Waals surface area (Å²) >= 11 is 0. The number of carbonyl (C=O) groups is 2. The molecule has 1 amide bonds. The molecule has 4 heteroatoms. The van der Waals surface area contributed by atoms with Crippen LogP contribution in [0.2, 0.25) is 0 Å². The van der Waals surface area contributed by atoms with Gasteiger partial charge in [-0.3, -0.25) is 4.79 Å². The van der Waals surface area contributed by atoms with E-state index in [1.807, 2.05) is 6.07 Å². The van der Waals surface area contributed by atoms with E-state index in [9.17, 15) is 14.7 Å². The van der Waals surface area contributed by atoms with Crippen molar-refractivity contribution in [2.45, 2.75) is 33.6 Å². The van der Waals surface area contributed by atoms with Crippen molar-refractivity contribution in [1.29, 1.82) is 0 Å². The molecule has 1 heterocycles. The molecular weight excluding hydrogens is 254 g/mol. The molecule has 1 saturated heterocycles. The Hall–Kier alpha value is -1.84. The molecule has 1 unspecified atom stereocenters. The van der Waals surface area contributed by atoms with E-state index in [2.05, 4.69) is 6.92 Å². The predicted octanol–water partition coefficient (Wildman–Crippen LogP) is 2.87. The summed E-state index contributed by atoms with van der Waals surface area (Å²) in [5.41, 5.74) is 1.87. The molecular formula is C16H21NO3. The SMILES string of the molecule is CCC1CCN(C(=O)c2c(C)ccc(C)c2C(=O)O)C1. The molecule has 0 saturated carbocycles. The van der Waals surface area contributed by atoms with Gasteiger partial charge < -0.3 is 10.0 Å². The van der Waals surface area contributed by atoms with E-state index >= 15 is 0 Å². The third-order valence-corrected chi connectivity index (χ3v) is 4.20. The van der Waals surface area contributed by atoms with Gasteiger partial charge in [-0.15, -0.1) is 0 Å². The van der Waals surface area contributed by atoms with Crippen LogP contribution in [0.4, 0.5) is 0 Å². The normalized spacial score (nSPS) is 18.4. The van der Waals surface area contributed by atoms with Gasteiger partial charge in [0, 0.05) is 13.1 Å². The summed E-state index contributed by atoms with van der Waals surface area (Å²) in [6.07, 6.45) is 2.07. The van der Waals surface area contributed by atoms with Crippen LogP contribution in [0.15, 0.2) is 12.1 Å². The lowest BCUT2D eigenvalue weighted by Gasteiger charge is -2.20. The second kappa shape index (κ2) is 5.65. The molecule has 1 N–H and O–H groups in total. The number of benzene rings is 1. The van der Waals surface area contributed by atoms with Crippen LogP contribution in [0.1, 0.15) is 51.6 Å². The monoisotopic (exact) mass is 275 g/mol. The molecule has 1 fully saturated rings. The third-order valence-electron chi connectivity index (χ3n) is 4.20. The van der Waals surface area contributed by atoms with Gasteiger partial charge >= 0.3 is 5.97 Å². The van der Waals surface area contributed by atoms with E-state index in [1.54, 1.807) is 24.8 Å². The zero-order valence-corrected chi connectivity index (χ0v) is 12.3. The highest BCUT2D eigenvalue weighted by molar-refractivity contribution is 6.06. The maximum Gasteiger partial charge on any atom is 0.336 e. The maximum atomic E-state index is 12.7. The summed E-state index contributed by atoms with van der Waals surface area (Å²) in [7, 11) is 0. The van der Waals surface area contributed by atoms with Crippen LogP contribution < -0.4 is 0 Å².